The second kappa shape index (κ2) is 7.05. The normalized spacial score (nSPS) is 14.6. The van der Waals surface area contributed by atoms with Crippen LogP contribution in [0.3, 0.4) is 0 Å². The summed E-state index contributed by atoms with van der Waals surface area (Å²) in [6.45, 7) is 2.69. The Hall–Kier alpha value is -2.69. The quantitative estimate of drug-likeness (QED) is 0.822. The molecule has 2 aromatic carbocycles. The summed E-state index contributed by atoms with van der Waals surface area (Å²) in [6, 6.07) is 14.1. The predicted molar refractivity (Wildman–Crippen MR) is 93.3 cm³/mol. The molecule has 0 bridgehead atoms. The van der Waals surface area contributed by atoms with Gasteiger partial charge in [-0.15, -0.1) is 0 Å². The lowest BCUT2D eigenvalue weighted by molar-refractivity contribution is -0.139. The van der Waals surface area contributed by atoms with Gasteiger partial charge in [-0.2, -0.15) is 0 Å². The van der Waals surface area contributed by atoms with Crippen molar-refractivity contribution in [3.63, 3.8) is 0 Å². The SMILES string of the molecule is Cc1ccc(CNC(=O)C(=O)NCC2(c3ccc(F)cc3)CC2)cc1. The summed E-state index contributed by atoms with van der Waals surface area (Å²) >= 11 is 0. The Morgan fingerprint density at radius 1 is 0.960 bits per heavy atom. The third-order valence-corrected chi connectivity index (χ3v) is 4.68. The minimum absolute atomic E-state index is 0.166. The van der Waals surface area contributed by atoms with E-state index in [1.807, 2.05) is 31.2 Å². The zero-order valence-corrected chi connectivity index (χ0v) is 14.1. The van der Waals surface area contributed by atoms with Crippen LogP contribution < -0.4 is 10.6 Å². The molecule has 1 aliphatic rings. The first-order chi connectivity index (χ1) is 12.0. The fourth-order valence-electron chi connectivity index (χ4n) is 2.82. The van der Waals surface area contributed by atoms with Gasteiger partial charge in [0.15, 0.2) is 0 Å². The van der Waals surface area contributed by atoms with Crippen molar-refractivity contribution in [2.45, 2.75) is 31.7 Å². The lowest BCUT2D eigenvalue weighted by Crippen LogP contribution is -2.42. The summed E-state index contributed by atoms with van der Waals surface area (Å²) in [6.07, 6.45) is 1.84. The summed E-state index contributed by atoms with van der Waals surface area (Å²) in [5.74, 6) is -1.56. The fraction of sp³-hybridized carbons (Fsp3) is 0.300. The predicted octanol–water partition coefficient (Wildman–Crippen LogP) is 2.60. The summed E-state index contributed by atoms with van der Waals surface area (Å²) in [5.41, 5.74) is 2.91. The summed E-state index contributed by atoms with van der Waals surface area (Å²) < 4.78 is 13.0. The Labute approximate surface area is 146 Å². The molecule has 0 radical (unpaired) electrons. The van der Waals surface area contributed by atoms with Crippen LogP contribution in [-0.2, 0) is 21.5 Å². The topological polar surface area (TPSA) is 58.2 Å². The van der Waals surface area contributed by atoms with Gasteiger partial charge in [0.25, 0.3) is 0 Å². The third kappa shape index (κ3) is 4.24. The standard InChI is InChI=1S/C20H21FN2O2/c1-14-2-4-15(5-3-14)12-22-18(24)19(25)23-13-20(10-11-20)16-6-8-17(21)9-7-16/h2-9H,10-13H2,1H3,(H,22,24)(H,23,25). The molecule has 2 aromatic rings. The molecule has 2 amide bonds. The van der Waals surface area contributed by atoms with Crippen LogP contribution in [0.4, 0.5) is 4.39 Å². The van der Waals surface area contributed by atoms with Gasteiger partial charge >= 0.3 is 11.8 Å². The van der Waals surface area contributed by atoms with Gasteiger partial charge in [0.05, 0.1) is 0 Å². The Morgan fingerprint density at radius 3 is 2.16 bits per heavy atom. The average molecular weight is 340 g/mol. The molecule has 1 saturated carbocycles. The van der Waals surface area contributed by atoms with Crippen LogP contribution in [0, 0.1) is 12.7 Å². The van der Waals surface area contributed by atoms with E-state index in [0.717, 1.165) is 29.5 Å². The lowest BCUT2D eigenvalue weighted by Gasteiger charge is -2.16. The highest BCUT2D eigenvalue weighted by Gasteiger charge is 2.44. The highest BCUT2D eigenvalue weighted by Crippen LogP contribution is 2.47. The van der Waals surface area contributed by atoms with E-state index in [2.05, 4.69) is 10.6 Å². The number of hydrogen-bond donors (Lipinski definition) is 2. The van der Waals surface area contributed by atoms with Crippen molar-refractivity contribution < 1.29 is 14.0 Å². The number of nitrogens with one attached hydrogen (secondary N) is 2. The zero-order valence-electron chi connectivity index (χ0n) is 14.1. The molecule has 3 rings (SSSR count). The smallest absolute Gasteiger partial charge is 0.309 e. The van der Waals surface area contributed by atoms with E-state index < -0.39 is 11.8 Å². The molecule has 0 spiro atoms. The fourth-order valence-corrected chi connectivity index (χ4v) is 2.82. The number of halogens is 1. The Kier molecular flexibility index (Phi) is 4.83. The second-order valence-corrected chi connectivity index (χ2v) is 6.64. The van der Waals surface area contributed by atoms with Gasteiger partial charge in [0, 0.05) is 18.5 Å². The van der Waals surface area contributed by atoms with E-state index in [0.29, 0.717) is 13.1 Å². The van der Waals surface area contributed by atoms with Crippen LogP contribution in [-0.4, -0.2) is 18.4 Å². The number of amides is 2. The van der Waals surface area contributed by atoms with E-state index in [1.165, 1.54) is 12.1 Å². The number of aryl methyl sites for hydroxylation is 1. The third-order valence-electron chi connectivity index (χ3n) is 4.68. The first-order valence-corrected chi connectivity index (χ1v) is 8.36. The molecule has 5 heteroatoms. The minimum Gasteiger partial charge on any atom is -0.347 e. The Bertz CT molecular complexity index is 765. The van der Waals surface area contributed by atoms with E-state index in [-0.39, 0.29) is 11.2 Å². The highest BCUT2D eigenvalue weighted by molar-refractivity contribution is 6.35. The van der Waals surface area contributed by atoms with Gasteiger partial charge in [-0.05, 0) is 43.0 Å². The first kappa shape index (κ1) is 17.1. The monoisotopic (exact) mass is 340 g/mol. The number of hydrogen-bond acceptors (Lipinski definition) is 2. The largest absolute Gasteiger partial charge is 0.347 e. The molecule has 2 N–H and O–H groups in total. The molecule has 1 aliphatic carbocycles. The van der Waals surface area contributed by atoms with Crippen molar-refractivity contribution in [2.24, 2.45) is 0 Å². The molecule has 0 aromatic heterocycles. The number of carbonyl (C=O) groups excluding carboxylic acids is 2. The van der Waals surface area contributed by atoms with Gasteiger partial charge in [-0.25, -0.2) is 4.39 Å². The van der Waals surface area contributed by atoms with Gasteiger partial charge in [-0.3, -0.25) is 9.59 Å². The molecule has 0 saturated heterocycles. The maximum absolute atomic E-state index is 13.0. The Morgan fingerprint density at radius 2 is 1.56 bits per heavy atom. The minimum atomic E-state index is -0.643. The maximum Gasteiger partial charge on any atom is 0.309 e. The van der Waals surface area contributed by atoms with Crippen molar-refractivity contribution in [1.82, 2.24) is 10.6 Å². The van der Waals surface area contributed by atoms with Crippen LogP contribution in [0.2, 0.25) is 0 Å². The van der Waals surface area contributed by atoms with Gasteiger partial charge in [0.2, 0.25) is 0 Å². The lowest BCUT2D eigenvalue weighted by atomic mass is 9.96. The van der Waals surface area contributed by atoms with Gasteiger partial charge < -0.3 is 10.6 Å². The van der Waals surface area contributed by atoms with Crippen LogP contribution >= 0.6 is 0 Å². The number of benzene rings is 2. The molecular weight excluding hydrogens is 319 g/mol. The van der Waals surface area contributed by atoms with Gasteiger partial charge in [-0.1, -0.05) is 42.0 Å². The number of rotatable bonds is 5. The van der Waals surface area contributed by atoms with Crippen molar-refractivity contribution in [1.29, 1.82) is 0 Å². The van der Waals surface area contributed by atoms with E-state index in [1.54, 1.807) is 12.1 Å². The molecule has 0 heterocycles. The molecule has 4 nitrogen and oxygen atoms in total. The summed E-state index contributed by atoms with van der Waals surface area (Å²) in [5, 5.41) is 5.32. The van der Waals surface area contributed by atoms with E-state index in [9.17, 15) is 14.0 Å². The van der Waals surface area contributed by atoms with Crippen molar-refractivity contribution >= 4 is 11.8 Å². The van der Waals surface area contributed by atoms with E-state index >= 15 is 0 Å². The van der Waals surface area contributed by atoms with Crippen LogP contribution in [0.25, 0.3) is 0 Å². The molecule has 0 atom stereocenters. The highest BCUT2D eigenvalue weighted by atomic mass is 19.1. The molecule has 25 heavy (non-hydrogen) atoms. The van der Waals surface area contributed by atoms with E-state index in [4.69, 9.17) is 0 Å². The number of carbonyl (C=O) groups is 2. The molecular formula is C20H21FN2O2. The zero-order chi connectivity index (χ0) is 17.9. The molecule has 0 aliphatic heterocycles. The second-order valence-electron chi connectivity index (χ2n) is 6.64. The Balaban J connectivity index is 1.49. The van der Waals surface area contributed by atoms with Crippen LogP contribution in [0.5, 0.6) is 0 Å². The van der Waals surface area contributed by atoms with Crippen molar-refractivity contribution in [2.75, 3.05) is 6.54 Å². The van der Waals surface area contributed by atoms with Gasteiger partial charge in [0.1, 0.15) is 5.82 Å². The van der Waals surface area contributed by atoms with Crippen molar-refractivity contribution in [3.8, 4) is 0 Å². The summed E-state index contributed by atoms with van der Waals surface area (Å²) in [4.78, 5) is 23.9. The summed E-state index contributed by atoms with van der Waals surface area (Å²) in [7, 11) is 0. The molecule has 130 valence electrons. The first-order valence-electron chi connectivity index (χ1n) is 8.36. The average Bonchev–Trinajstić information content (AvgIpc) is 3.40. The van der Waals surface area contributed by atoms with Crippen molar-refractivity contribution in [3.05, 3.63) is 71.0 Å². The van der Waals surface area contributed by atoms with Crippen LogP contribution in [0.15, 0.2) is 48.5 Å². The molecule has 1 fully saturated rings. The van der Waals surface area contributed by atoms with Crippen LogP contribution in [0.1, 0.15) is 29.5 Å². The molecule has 0 unspecified atom stereocenters. The maximum atomic E-state index is 13.0.